The first kappa shape index (κ1) is 21.7. The van der Waals surface area contributed by atoms with Crippen molar-refractivity contribution < 1.29 is 28.2 Å². The van der Waals surface area contributed by atoms with Gasteiger partial charge in [0.25, 0.3) is 0 Å². The fourth-order valence-corrected chi connectivity index (χ4v) is 3.70. The van der Waals surface area contributed by atoms with Gasteiger partial charge in [-0.1, -0.05) is 23.2 Å². The number of carbonyl (C=O) groups excluding carboxylic acids is 1. The maximum atomic E-state index is 12.8. The normalized spacial score (nSPS) is 14.5. The van der Waals surface area contributed by atoms with Gasteiger partial charge in [0.05, 0.1) is 37.3 Å². The van der Waals surface area contributed by atoms with Crippen molar-refractivity contribution in [2.45, 2.75) is 0 Å². The van der Waals surface area contributed by atoms with Crippen LogP contribution in [-0.4, -0.2) is 33.2 Å². The molecule has 0 N–H and O–H groups in total. The van der Waals surface area contributed by atoms with Crippen molar-refractivity contribution in [2.24, 2.45) is 4.99 Å². The van der Waals surface area contributed by atoms with Gasteiger partial charge < -0.3 is 23.4 Å². The van der Waals surface area contributed by atoms with E-state index in [2.05, 4.69) is 4.99 Å². The molecule has 0 saturated heterocycles. The van der Waals surface area contributed by atoms with Crippen LogP contribution >= 0.6 is 23.2 Å². The molecule has 0 radical (unpaired) electrons. The van der Waals surface area contributed by atoms with Crippen LogP contribution < -0.4 is 19.6 Å². The molecule has 164 valence electrons. The van der Waals surface area contributed by atoms with Gasteiger partial charge in [-0.3, -0.25) is 4.79 Å². The predicted molar refractivity (Wildman–Crippen MR) is 119 cm³/mol. The Morgan fingerprint density at radius 1 is 0.969 bits per heavy atom. The Balaban J connectivity index is 1.79. The predicted octanol–water partition coefficient (Wildman–Crippen LogP) is 4.47. The van der Waals surface area contributed by atoms with Gasteiger partial charge in [-0.25, -0.2) is 9.79 Å². The molecule has 2 aromatic carbocycles. The molecule has 0 bridgehead atoms. The summed E-state index contributed by atoms with van der Waals surface area (Å²) >= 11 is 12.1. The largest absolute Gasteiger partial charge is 0.493 e. The average molecular weight is 476 g/mol. The molecule has 1 aromatic heterocycles. The molecule has 4 rings (SSSR count). The van der Waals surface area contributed by atoms with Gasteiger partial charge >= 0.3 is 5.97 Å². The number of esters is 1. The lowest BCUT2D eigenvalue weighted by atomic mass is 10.1. The van der Waals surface area contributed by atoms with Gasteiger partial charge in [0.1, 0.15) is 6.26 Å². The Morgan fingerprint density at radius 3 is 2.28 bits per heavy atom. The van der Waals surface area contributed by atoms with E-state index in [-0.39, 0.29) is 38.2 Å². The van der Waals surface area contributed by atoms with Crippen molar-refractivity contribution in [1.82, 2.24) is 0 Å². The van der Waals surface area contributed by atoms with Crippen LogP contribution in [0.3, 0.4) is 0 Å². The van der Waals surface area contributed by atoms with Crippen molar-refractivity contribution in [3.05, 3.63) is 67.6 Å². The Labute approximate surface area is 191 Å². The molecular weight excluding hydrogens is 461 g/mol. The van der Waals surface area contributed by atoms with Gasteiger partial charge in [0.15, 0.2) is 28.2 Å². The van der Waals surface area contributed by atoms with Crippen molar-refractivity contribution in [3.63, 3.8) is 0 Å². The molecule has 10 heteroatoms. The highest BCUT2D eigenvalue weighted by Crippen LogP contribution is 2.39. The first-order valence-electron chi connectivity index (χ1n) is 9.09. The molecule has 2 heterocycles. The molecule has 8 nitrogen and oxygen atoms in total. The van der Waals surface area contributed by atoms with Gasteiger partial charge in [0.2, 0.25) is 11.6 Å². The summed E-state index contributed by atoms with van der Waals surface area (Å²) < 4.78 is 26.7. The molecular formula is C22H15Cl2NO7. The van der Waals surface area contributed by atoms with Crippen LogP contribution in [0.1, 0.15) is 11.1 Å². The van der Waals surface area contributed by atoms with Gasteiger partial charge in [-0.15, -0.1) is 0 Å². The fourth-order valence-electron chi connectivity index (χ4n) is 3.16. The van der Waals surface area contributed by atoms with Gasteiger partial charge in [-0.05, 0) is 30.3 Å². The van der Waals surface area contributed by atoms with E-state index >= 15 is 0 Å². The third-order valence-electron chi connectivity index (χ3n) is 4.64. The molecule has 0 atom stereocenters. The summed E-state index contributed by atoms with van der Waals surface area (Å²) in [5.41, 5.74) is 0.178. The number of carbonyl (C=O) groups is 1. The van der Waals surface area contributed by atoms with E-state index in [1.165, 1.54) is 45.8 Å². The van der Waals surface area contributed by atoms with Gasteiger partial charge in [0, 0.05) is 10.6 Å². The molecule has 0 aliphatic carbocycles. The standard InChI is InChI=1S/C22H15Cl2NO7/c1-28-16-5-10(6-17(29-2)20(16)30-3)21-25-15(22(27)32-21)4-11-9-31-19-13(18(11)26)7-12(23)8-14(19)24/h4-9H,1-3H3/b15-4-. The SMILES string of the molecule is COc1cc(C2=N/C(=C\c3coc4c(Cl)cc(Cl)cc4c3=O)C(=O)O2)cc(OC)c1OC. The Kier molecular flexibility index (Phi) is 5.82. The summed E-state index contributed by atoms with van der Waals surface area (Å²) in [6, 6.07) is 6.08. The number of hydrogen-bond donors (Lipinski definition) is 0. The van der Waals surface area contributed by atoms with E-state index in [4.69, 9.17) is 46.6 Å². The molecule has 1 aliphatic rings. The number of rotatable bonds is 5. The molecule has 0 amide bonds. The van der Waals surface area contributed by atoms with Crippen LogP contribution in [0.15, 0.2) is 50.4 Å². The van der Waals surface area contributed by atoms with E-state index in [0.29, 0.717) is 22.8 Å². The van der Waals surface area contributed by atoms with Crippen LogP contribution in [0, 0.1) is 0 Å². The Hall–Kier alpha value is -3.49. The lowest BCUT2D eigenvalue weighted by Crippen LogP contribution is -2.08. The molecule has 1 aliphatic heterocycles. The van der Waals surface area contributed by atoms with Crippen LogP contribution in [-0.2, 0) is 9.53 Å². The number of halogens is 2. The Bertz CT molecular complexity index is 1350. The van der Waals surface area contributed by atoms with E-state index in [9.17, 15) is 9.59 Å². The Morgan fingerprint density at radius 2 is 1.66 bits per heavy atom. The number of fused-ring (bicyclic) bond motifs is 1. The van der Waals surface area contributed by atoms with Crippen molar-refractivity contribution >= 4 is 52.1 Å². The highest BCUT2D eigenvalue weighted by Gasteiger charge is 2.27. The maximum absolute atomic E-state index is 12.8. The quantitative estimate of drug-likeness (QED) is 0.396. The number of ether oxygens (including phenoxy) is 4. The van der Waals surface area contributed by atoms with Crippen molar-refractivity contribution in [2.75, 3.05) is 21.3 Å². The average Bonchev–Trinajstić information content (AvgIpc) is 3.15. The highest BCUT2D eigenvalue weighted by atomic mass is 35.5. The molecule has 0 fully saturated rings. The lowest BCUT2D eigenvalue weighted by Gasteiger charge is -2.13. The lowest BCUT2D eigenvalue weighted by molar-refractivity contribution is -0.129. The van der Waals surface area contributed by atoms with Crippen LogP contribution in [0.4, 0.5) is 0 Å². The number of methoxy groups -OCH3 is 3. The third kappa shape index (κ3) is 3.79. The fraction of sp³-hybridized carbons (Fsp3) is 0.136. The topological polar surface area (TPSA) is 96.6 Å². The van der Waals surface area contributed by atoms with Crippen LogP contribution in [0.2, 0.25) is 10.0 Å². The highest BCUT2D eigenvalue weighted by molar-refractivity contribution is 6.38. The van der Waals surface area contributed by atoms with Gasteiger partial charge in [-0.2, -0.15) is 0 Å². The van der Waals surface area contributed by atoms with Crippen molar-refractivity contribution in [1.29, 1.82) is 0 Å². The molecule has 32 heavy (non-hydrogen) atoms. The minimum atomic E-state index is -0.739. The summed E-state index contributed by atoms with van der Waals surface area (Å²) in [5.74, 6) is 0.378. The van der Waals surface area contributed by atoms with E-state index in [0.717, 1.165) is 0 Å². The zero-order valence-electron chi connectivity index (χ0n) is 17.0. The number of nitrogens with zero attached hydrogens (tertiary/aromatic N) is 1. The van der Waals surface area contributed by atoms with Crippen molar-refractivity contribution in [3.8, 4) is 17.2 Å². The summed E-state index contributed by atoms with van der Waals surface area (Å²) in [6.45, 7) is 0. The molecule has 0 spiro atoms. The second kappa shape index (κ2) is 8.57. The second-order valence-electron chi connectivity index (χ2n) is 6.53. The first-order chi connectivity index (χ1) is 15.4. The third-order valence-corrected chi connectivity index (χ3v) is 5.14. The van der Waals surface area contributed by atoms with E-state index in [1.54, 1.807) is 12.1 Å². The summed E-state index contributed by atoms with van der Waals surface area (Å²) in [7, 11) is 4.41. The number of aliphatic imine (C=N–C) groups is 1. The zero-order valence-corrected chi connectivity index (χ0v) is 18.5. The number of cyclic esters (lactones) is 1. The van der Waals surface area contributed by atoms with E-state index < -0.39 is 11.4 Å². The summed E-state index contributed by atoms with van der Waals surface area (Å²) in [5, 5.41) is 0.659. The first-order valence-corrected chi connectivity index (χ1v) is 9.85. The van der Waals surface area contributed by atoms with Crippen LogP contribution in [0.5, 0.6) is 17.2 Å². The molecule has 3 aromatic rings. The second-order valence-corrected chi connectivity index (χ2v) is 7.38. The molecule has 0 saturated carbocycles. The van der Waals surface area contributed by atoms with E-state index in [1.807, 2.05) is 0 Å². The minimum Gasteiger partial charge on any atom is -0.493 e. The number of benzene rings is 2. The summed E-state index contributed by atoms with van der Waals surface area (Å²) in [6.07, 6.45) is 2.46. The monoisotopic (exact) mass is 475 g/mol. The summed E-state index contributed by atoms with van der Waals surface area (Å²) in [4.78, 5) is 29.5. The maximum Gasteiger partial charge on any atom is 0.363 e. The van der Waals surface area contributed by atoms with Crippen LogP contribution in [0.25, 0.3) is 17.0 Å². The number of hydrogen-bond acceptors (Lipinski definition) is 8. The smallest absolute Gasteiger partial charge is 0.363 e. The zero-order chi connectivity index (χ0) is 23.0. The minimum absolute atomic E-state index is 0.0109. The molecule has 0 unspecified atom stereocenters.